The van der Waals surface area contributed by atoms with Gasteiger partial charge in [0.15, 0.2) is 5.78 Å². The van der Waals surface area contributed by atoms with Crippen LogP contribution in [-0.2, 0) is 19.4 Å². The molecule has 20 heavy (non-hydrogen) atoms. The minimum atomic E-state index is -0.209. The van der Waals surface area contributed by atoms with Crippen molar-refractivity contribution in [2.75, 3.05) is 0 Å². The Morgan fingerprint density at radius 3 is 2.95 bits per heavy atom. The number of Topliss-reactive ketones (excluding diaryl/α,β-unsaturated/α-hetero) is 1. The monoisotopic (exact) mass is 269 g/mol. The molecule has 0 spiro atoms. The molecular weight excluding hydrogens is 250 g/mol. The summed E-state index contributed by atoms with van der Waals surface area (Å²) in [5.41, 5.74) is 3.55. The summed E-state index contributed by atoms with van der Waals surface area (Å²) in [5, 5.41) is 3.21. The highest BCUT2D eigenvalue weighted by molar-refractivity contribution is 6.00. The van der Waals surface area contributed by atoms with Crippen LogP contribution in [0.5, 0.6) is 0 Å². The summed E-state index contributed by atoms with van der Waals surface area (Å²) in [4.78, 5) is 12.4. The molecule has 1 heterocycles. The maximum Gasteiger partial charge on any atom is 0.179 e. The zero-order valence-electron chi connectivity index (χ0n) is 11.7. The number of fused-ring (bicyclic) bond motifs is 1. The number of rotatable bonds is 5. The maximum absolute atomic E-state index is 12.4. The number of furan rings is 1. The molecule has 2 aromatic rings. The number of carbonyl (C=O) groups excluding carboxylic acids is 1. The molecule has 104 valence electrons. The van der Waals surface area contributed by atoms with Crippen molar-refractivity contribution in [3.8, 4) is 0 Å². The van der Waals surface area contributed by atoms with Crippen molar-refractivity contribution in [1.29, 1.82) is 0 Å². The van der Waals surface area contributed by atoms with Crippen LogP contribution in [0.4, 0.5) is 0 Å². The van der Waals surface area contributed by atoms with E-state index in [4.69, 9.17) is 4.42 Å². The fraction of sp³-hybridized carbons (Fsp3) is 0.353. The molecule has 0 saturated heterocycles. The Hall–Kier alpha value is -1.87. The quantitative estimate of drug-likeness (QED) is 0.848. The van der Waals surface area contributed by atoms with Crippen LogP contribution < -0.4 is 5.32 Å². The Kier molecular flexibility index (Phi) is 3.70. The van der Waals surface area contributed by atoms with Gasteiger partial charge in [0.25, 0.3) is 0 Å². The number of hydrogen-bond acceptors (Lipinski definition) is 3. The molecule has 3 heteroatoms. The SMILES string of the molecule is CC(NCc1ccco1)C(=O)c1ccc2c(c1)CCC2. The summed E-state index contributed by atoms with van der Waals surface area (Å²) in [6, 6.07) is 9.67. The second-order valence-corrected chi connectivity index (χ2v) is 5.38. The van der Waals surface area contributed by atoms with Crippen LogP contribution in [0.3, 0.4) is 0 Å². The smallest absolute Gasteiger partial charge is 0.179 e. The second kappa shape index (κ2) is 5.63. The number of hydrogen-bond donors (Lipinski definition) is 1. The first-order chi connectivity index (χ1) is 9.74. The molecule has 1 aromatic carbocycles. The highest BCUT2D eigenvalue weighted by atomic mass is 16.3. The Bertz CT molecular complexity index is 601. The van der Waals surface area contributed by atoms with Crippen LogP contribution in [-0.4, -0.2) is 11.8 Å². The highest BCUT2D eigenvalue weighted by Gasteiger charge is 2.18. The van der Waals surface area contributed by atoms with E-state index in [2.05, 4.69) is 17.4 Å². The van der Waals surface area contributed by atoms with Crippen LogP contribution in [0.15, 0.2) is 41.0 Å². The predicted molar refractivity (Wildman–Crippen MR) is 77.8 cm³/mol. The van der Waals surface area contributed by atoms with E-state index in [1.54, 1.807) is 6.26 Å². The average molecular weight is 269 g/mol. The Morgan fingerprint density at radius 2 is 2.15 bits per heavy atom. The molecule has 1 unspecified atom stereocenters. The minimum Gasteiger partial charge on any atom is -0.468 e. The topological polar surface area (TPSA) is 42.2 Å². The van der Waals surface area contributed by atoms with Gasteiger partial charge in [0.1, 0.15) is 5.76 Å². The first-order valence-electron chi connectivity index (χ1n) is 7.16. The summed E-state index contributed by atoms with van der Waals surface area (Å²) in [6.07, 6.45) is 5.10. The van der Waals surface area contributed by atoms with Gasteiger partial charge in [-0.15, -0.1) is 0 Å². The van der Waals surface area contributed by atoms with Gasteiger partial charge in [-0.25, -0.2) is 0 Å². The van der Waals surface area contributed by atoms with E-state index in [9.17, 15) is 4.79 Å². The maximum atomic E-state index is 12.4. The highest BCUT2D eigenvalue weighted by Crippen LogP contribution is 2.23. The number of ketones is 1. The Balaban J connectivity index is 1.65. The van der Waals surface area contributed by atoms with E-state index in [0.29, 0.717) is 6.54 Å². The molecule has 0 aliphatic heterocycles. The van der Waals surface area contributed by atoms with Gasteiger partial charge in [-0.2, -0.15) is 0 Å². The lowest BCUT2D eigenvalue weighted by Gasteiger charge is -2.12. The van der Waals surface area contributed by atoms with Crippen molar-refractivity contribution in [2.24, 2.45) is 0 Å². The first kappa shape index (κ1) is 13.1. The normalized spacial score (nSPS) is 15.1. The molecule has 1 aliphatic rings. The van der Waals surface area contributed by atoms with E-state index in [-0.39, 0.29) is 11.8 Å². The van der Waals surface area contributed by atoms with Gasteiger partial charge in [0.2, 0.25) is 0 Å². The number of carbonyl (C=O) groups is 1. The molecule has 0 saturated carbocycles. The Morgan fingerprint density at radius 1 is 1.30 bits per heavy atom. The van der Waals surface area contributed by atoms with Crippen molar-refractivity contribution >= 4 is 5.78 Å². The van der Waals surface area contributed by atoms with Crippen LogP contribution in [0, 0.1) is 0 Å². The number of aryl methyl sites for hydroxylation is 2. The summed E-state index contributed by atoms with van der Waals surface area (Å²) < 4.78 is 5.26. The lowest BCUT2D eigenvalue weighted by atomic mass is 10.0. The minimum absolute atomic E-state index is 0.145. The molecule has 0 fully saturated rings. The zero-order chi connectivity index (χ0) is 13.9. The summed E-state index contributed by atoms with van der Waals surface area (Å²) >= 11 is 0. The molecule has 3 rings (SSSR count). The van der Waals surface area contributed by atoms with E-state index in [1.165, 1.54) is 17.5 Å². The van der Waals surface area contributed by atoms with E-state index >= 15 is 0 Å². The van der Waals surface area contributed by atoms with Crippen molar-refractivity contribution in [1.82, 2.24) is 5.32 Å². The summed E-state index contributed by atoms with van der Waals surface area (Å²) in [7, 11) is 0. The molecule has 0 bridgehead atoms. The number of nitrogens with one attached hydrogen (secondary N) is 1. The van der Waals surface area contributed by atoms with E-state index < -0.39 is 0 Å². The van der Waals surface area contributed by atoms with Crippen LogP contribution >= 0.6 is 0 Å². The lowest BCUT2D eigenvalue weighted by Crippen LogP contribution is -2.33. The molecule has 0 amide bonds. The van der Waals surface area contributed by atoms with Gasteiger partial charge in [-0.1, -0.05) is 12.1 Å². The molecule has 1 atom stereocenters. The van der Waals surface area contributed by atoms with Crippen molar-refractivity contribution in [3.63, 3.8) is 0 Å². The molecule has 3 nitrogen and oxygen atoms in total. The standard InChI is InChI=1S/C17H19NO2/c1-12(18-11-16-6-3-9-20-16)17(19)15-8-7-13-4-2-5-14(13)10-15/h3,6-10,12,18H,2,4-5,11H2,1H3. The lowest BCUT2D eigenvalue weighted by molar-refractivity contribution is 0.0949. The van der Waals surface area contributed by atoms with Crippen LogP contribution in [0.2, 0.25) is 0 Å². The Labute approximate surface area is 119 Å². The zero-order valence-corrected chi connectivity index (χ0v) is 11.7. The van der Waals surface area contributed by atoms with Gasteiger partial charge in [-0.3, -0.25) is 4.79 Å². The third-order valence-corrected chi connectivity index (χ3v) is 3.94. The van der Waals surface area contributed by atoms with Crippen molar-refractivity contribution in [2.45, 2.75) is 38.8 Å². The fourth-order valence-electron chi connectivity index (χ4n) is 2.73. The third kappa shape index (κ3) is 2.68. The number of benzene rings is 1. The first-order valence-corrected chi connectivity index (χ1v) is 7.16. The molecule has 0 radical (unpaired) electrons. The second-order valence-electron chi connectivity index (χ2n) is 5.38. The molecule has 1 aliphatic carbocycles. The largest absolute Gasteiger partial charge is 0.468 e. The molecule has 1 aromatic heterocycles. The fourth-order valence-corrected chi connectivity index (χ4v) is 2.73. The van der Waals surface area contributed by atoms with Gasteiger partial charge in [0, 0.05) is 5.56 Å². The molecular formula is C17H19NO2. The van der Waals surface area contributed by atoms with Gasteiger partial charge in [-0.05, 0) is 55.5 Å². The van der Waals surface area contributed by atoms with Gasteiger partial charge in [0.05, 0.1) is 18.8 Å². The van der Waals surface area contributed by atoms with Crippen LogP contribution in [0.1, 0.15) is 40.6 Å². The van der Waals surface area contributed by atoms with Crippen molar-refractivity contribution in [3.05, 3.63) is 59.0 Å². The summed E-state index contributed by atoms with van der Waals surface area (Å²) in [5.74, 6) is 0.991. The van der Waals surface area contributed by atoms with E-state index in [1.807, 2.05) is 25.1 Å². The van der Waals surface area contributed by atoms with Crippen LogP contribution in [0.25, 0.3) is 0 Å². The molecule has 1 N–H and O–H groups in total. The predicted octanol–water partition coefficient (Wildman–Crippen LogP) is 3.13. The van der Waals surface area contributed by atoms with Gasteiger partial charge < -0.3 is 9.73 Å². The van der Waals surface area contributed by atoms with Crippen molar-refractivity contribution < 1.29 is 9.21 Å². The van der Waals surface area contributed by atoms with Gasteiger partial charge >= 0.3 is 0 Å². The average Bonchev–Trinajstić information content (AvgIpc) is 3.13. The third-order valence-electron chi connectivity index (χ3n) is 3.94. The van der Waals surface area contributed by atoms with E-state index in [0.717, 1.165) is 24.2 Å². The summed E-state index contributed by atoms with van der Waals surface area (Å²) in [6.45, 7) is 2.48.